The third-order valence-corrected chi connectivity index (χ3v) is 2.39. The summed E-state index contributed by atoms with van der Waals surface area (Å²) in [5.74, 6) is 0. The van der Waals surface area contributed by atoms with Gasteiger partial charge in [0.05, 0.1) is 13.2 Å². The van der Waals surface area contributed by atoms with Crippen LogP contribution < -0.4 is 0 Å². The van der Waals surface area contributed by atoms with Crippen LogP contribution in [0.3, 0.4) is 0 Å². The first-order valence-electron chi connectivity index (χ1n) is 7.85. The van der Waals surface area contributed by atoms with Gasteiger partial charge in [-0.25, -0.2) is 0 Å². The molecule has 0 aliphatic rings. The number of benzene rings is 1. The predicted octanol–water partition coefficient (Wildman–Crippen LogP) is 1.64. The van der Waals surface area contributed by atoms with E-state index in [1.165, 1.54) is 6.08 Å². The molecule has 0 unspecified atom stereocenters. The number of hydrogen-bond acceptors (Lipinski definition) is 6. The molecule has 0 spiro atoms. The van der Waals surface area contributed by atoms with Crippen LogP contribution in [-0.4, -0.2) is 60.4 Å². The molecule has 6 heteroatoms. The summed E-state index contributed by atoms with van der Waals surface area (Å²) in [6, 6.07) is 9.70. The van der Waals surface area contributed by atoms with Gasteiger partial charge < -0.3 is 24.8 Å². The van der Waals surface area contributed by atoms with E-state index < -0.39 is 6.10 Å². The van der Waals surface area contributed by atoms with Crippen molar-refractivity contribution in [1.29, 1.82) is 0 Å². The molecule has 6 nitrogen and oxygen atoms in total. The predicted molar refractivity (Wildman–Crippen MR) is 94.4 cm³/mol. The van der Waals surface area contributed by atoms with Gasteiger partial charge in [0.1, 0.15) is 12.4 Å². The highest BCUT2D eigenvalue weighted by molar-refractivity contribution is 5.73. The van der Waals surface area contributed by atoms with Crippen LogP contribution in [0.2, 0.25) is 0 Å². The minimum Gasteiger partial charge on any atom is -0.394 e. The second kappa shape index (κ2) is 19.5. The minimum atomic E-state index is -0.954. The maximum absolute atomic E-state index is 9.89. The van der Waals surface area contributed by atoms with Crippen molar-refractivity contribution in [3.8, 4) is 0 Å². The Bertz CT molecular complexity index is 384. The van der Waals surface area contributed by atoms with Crippen molar-refractivity contribution in [3.05, 3.63) is 42.0 Å². The second-order valence-corrected chi connectivity index (χ2v) is 4.40. The van der Waals surface area contributed by atoms with Gasteiger partial charge in [0, 0.05) is 13.2 Å². The molecule has 1 rings (SSSR count). The first-order valence-corrected chi connectivity index (χ1v) is 7.85. The van der Waals surface area contributed by atoms with Crippen LogP contribution in [0.4, 0.5) is 0 Å². The fourth-order valence-corrected chi connectivity index (χ4v) is 1.29. The lowest BCUT2D eigenvalue weighted by Gasteiger charge is -2.09. The Kier molecular flexibility index (Phi) is 20.0. The number of carbonyl (C=O) groups excluding carboxylic acids is 1. The Morgan fingerprint density at radius 2 is 1.54 bits per heavy atom. The average molecular weight is 342 g/mol. The minimum absolute atomic E-state index is 0.0370. The number of aliphatic hydroxyl groups is 3. The molecule has 0 aliphatic carbocycles. The number of aldehydes is 1. The monoisotopic (exact) mass is 342 g/mol. The first-order chi connectivity index (χ1) is 11.5. The third kappa shape index (κ3) is 18.5. The largest absolute Gasteiger partial charge is 0.394 e. The van der Waals surface area contributed by atoms with Gasteiger partial charge in [0.2, 0.25) is 0 Å². The lowest BCUT2D eigenvalue weighted by Crippen LogP contribution is -2.15. The zero-order valence-corrected chi connectivity index (χ0v) is 14.7. The lowest BCUT2D eigenvalue weighted by atomic mass is 10.2. The Morgan fingerprint density at radius 3 is 1.88 bits per heavy atom. The summed E-state index contributed by atoms with van der Waals surface area (Å²) in [6.07, 6.45) is 3.03. The summed E-state index contributed by atoms with van der Waals surface area (Å²) in [7, 11) is 0. The van der Waals surface area contributed by atoms with Crippen LogP contribution in [0.25, 0.3) is 6.08 Å². The van der Waals surface area contributed by atoms with Gasteiger partial charge in [-0.1, -0.05) is 36.4 Å². The summed E-state index contributed by atoms with van der Waals surface area (Å²) in [5, 5.41) is 24.0. The van der Waals surface area contributed by atoms with Gasteiger partial charge in [0.15, 0.2) is 6.29 Å². The van der Waals surface area contributed by atoms with Crippen LogP contribution in [0.1, 0.15) is 26.3 Å². The Balaban J connectivity index is 0. The molecule has 0 atom stereocenters. The summed E-state index contributed by atoms with van der Waals surface area (Å²) >= 11 is 0. The zero-order chi connectivity index (χ0) is 18.6. The van der Waals surface area contributed by atoms with E-state index in [0.717, 1.165) is 25.1 Å². The van der Waals surface area contributed by atoms with Crippen molar-refractivity contribution < 1.29 is 29.6 Å². The molecule has 24 heavy (non-hydrogen) atoms. The highest BCUT2D eigenvalue weighted by atomic mass is 16.7. The Labute approximate surface area is 144 Å². The van der Waals surface area contributed by atoms with Gasteiger partial charge in [-0.15, -0.1) is 0 Å². The van der Waals surface area contributed by atoms with Gasteiger partial charge in [-0.3, -0.25) is 4.79 Å². The average Bonchev–Trinajstić information content (AvgIpc) is 2.61. The van der Waals surface area contributed by atoms with Gasteiger partial charge in [-0.05, 0) is 32.4 Å². The van der Waals surface area contributed by atoms with Crippen LogP contribution in [-0.2, 0) is 14.3 Å². The Hall–Kier alpha value is -1.57. The number of ether oxygens (including phenoxy) is 2. The summed E-state index contributed by atoms with van der Waals surface area (Å²) in [4.78, 5) is 9.89. The molecule has 0 radical (unpaired) electrons. The summed E-state index contributed by atoms with van der Waals surface area (Å²) < 4.78 is 10.1. The fraction of sp³-hybridized carbons (Fsp3) is 0.500. The van der Waals surface area contributed by atoms with E-state index in [1.807, 2.05) is 51.1 Å². The normalized spacial score (nSPS) is 10.2. The number of allylic oxidation sites excluding steroid dienone is 1. The molecule has 0 heterocycles. The molecule has 3 N–H and O–H groups in total. The summed E-state index contributed by atoms with van der Waals surface area (Å²) in [5.41, 5.74) is 1.05. The third-order valence-electron chi connectivity index (χ3n) is 2.39. The van der Waals surface area contributed by atoms with E-state index in [0.29, 0.717) is 0 Å². The van der Waals surface area contributed by atoms with Crippen LogP contribution in [0.5, 0.6) is 0 Å². The molecule has 0 saturated carbocycles. The van der Waals surface area contributed by atoms with E-state index in [-0.39, 0.29) is 19.5 Å². The van der Waals surface area contributed by atoms with Crippen molar-refractivity contribution in [2.45, 2.75) is 33.2 Å². The van der Waals surface area contributed by atoms with Crippen molar-refractivity contribution >= 4 is 12.4 Å². The summed E-state index contributed by atoms with van der Waals surface area (Å²) in [6.45, 7) is 6.52. The smallest absolute Gasteiger partial charge is 0.154 e. The number of aliphatic hydroxyl groups excluding tert-OH is 3. The number of rotatable bonds is 8. The van der Waals surface area contributed by atoms with E-state index in [4.69, 9.17) is 24.8 Å². The molecule has 0 aromatic heterocycles. The van der Waals surface area contributed by atoms with E-state index >= 15 is 0 Å². The molecular weight excluding hydrogens is 312 g/mol. The fourth-order valence-electron chi connectivity index (χ4n) is 1.29. The molecule has 1 aromatic rings. The molecule has 0 fully saturated rings. The topological polar surface area (TPSA) is 96.2 Å². The van der Waals surface area contributed by atoms with Crippen molar-refractivity contribution in [2.24, 2.45) is 0 Å². The quantitative estimate of drug-likeness (QED) is 0.377. The standard InChI is InChI=1S/C9H8O.C6H14O2.C3H8O3/c10-8-4-7-9-5-2-1-3-6-9;1-4-7-6(3)8-5-2;4-1-3(6)2-5/h1-8H;6H,4-5H2,1-3H3;3-6H,1-2H2/b7-4-;;. The zero-order valence-electron chi connectivity index (χ0n) is 14.7. The molecule has 0 aliphatic heterocycles. The molecule has 0 bridgehead atoms. The van der Waals surface area contributed by atoms with Crippen LogP contribution in [0, 0.1) is 0 Å². The van der Waals surface area contributed by atoms with Gasteiger partial charge in [0.25, 0.3) is 0 Å². The highest BCUT2D eigenvalue weighted by Gasteiger charge is 1.95. The first kappa shape index (κ1) is 24.7. The number of carbonyl (C=O) groups is 1. The maximum atomic E-state index is 9.89. The van der Waals surface area contributed by atoms with Crippen molar-refractivity contribution in [2.75, 3.05) is 26.4 Å². The molecule has 0 amide bonds. The van der Waals surface area contributed by atoms with E-state index in [9.17, 15) is 4.79 Å². The van der Waals surface area contributed by atoms with E-state index in [2.05, 4.69) is 0 Å². The molecule has 1 aromatic carbocycles. The SMILES string of the molecule is CCOC(C)OCC.O=C/C=C\c1ccccc1.OCC(O)CO. The molecule has 138 valence electrons. The molecular formula is C18H30O6. The van der Waals surface area contributed by atoms with Crippen LogP contribution in [0.15, 0.2) is 36.4 Å². The van der Waals surface area contributed by atoms with Crippen molar-refractivity contribution in [1.82, 2.24) is 0 Å². The Morgan fingerprint density at radius 1 is 1.04 bits per heavy atom. The van der Waals surface area contributed by atoms with E-state index in [1.54, 1.807) is 6.08 Å². The lowest BCUT2D eigenvalue weighted by molar-refractivity contribution is -0.123. The number of hydrogen-bond donors (Lipinski definition) is 3. The second-order valence-electron chi connectivity index (χ2n) is 4.40. The molecule has 0 saturated heterocycles. The van der Waals surface area contributed by atoms with Gasteiger partial charge >= 0.3 is 0 Å². The maximum Gasteiger partial charge on any atom is 0.154 e. The van der Waals surface area contributed by atoms with Gasteiger partial charge in [-0.2, -0.15) is 0 Å². The van der Waals surface area contributed by atoms with Crippen molar-refractivity contribution in [3.63, 3.8) is 0 Å². The van der Waals surface area contributed by atoms with Crippen LogP contribution >= 0.6 is 0 Å². The highest BCUT2D eigenvalue weighted by Crippen LogP contribution is 1.99.